The van der Waals surface area contributed by atoms with Crippen LogP contribution in [0.15, 0.2) is 30.3 Å². The molecule has 2 fully saturated rings. The number of para-hydroxylation sites is 1. The molecular weight excluding hydrogens is 304 g/mol. The molecule has 0 aliphatic carbocycles. The van der Waals surface area contributed by atoms with Crippen molar-refractivity contribution in [1.29, 1.82) is 0 Å². The molecule has 0 radical (unpaired) electrons. The summed E-state index contributed by atoms with van der Waals surface area (Å²) in [6.07, 6.45) is 2.64. The highest BCUT2D eigenvalue weighted by Crippen LogP contribution is 2.15. The Morgan fingerprint density at radius 1 is 1.12 bits per heavy atom. The van der Waals surface area contributed by atoms with E-state index in [1.165, 1.54) is 5.69 Å². The molecule has 6 nitrogen and oxygen atoms in total. The smallest absolute Gasteiger partial charge is 0.242 e. The van der Waals surface area contributed by atoms with Crippen LogP contribution in [0.1, 0.15) is 19.3 Å². The highest BCUT2D eigenvalue weighted by Gasteiger charge is 2.22. The second-order valence-corrected chi connectivity index (χ2v) is 6.48. The van der Waals surface area contributed by atoms with Gasteiger partial charge >= 0.3 is 0 Å². The van der Waals surface area contributed by atoms with Crippen LogP contribution in [0.25, 0.3) is 0 Å². The van der Waals surface area contributed by atoms with Crippen molar-refractivity contribution >= 4 is 17.5 Å². The van der Waals surface area contributed by atoms with Crippen molar-refractivity contribution in [2.75, 3.05) is 44.2 Å². The normalized spacial score (nSPS) is 20.9. The predicted octanol–water partition coefficient (Wildman–Crippen LogP) is 0.594. The summed E-state index contributed by atoms with van der Waals surface area (Å²) in [6, 6.07) is 10.5. The molecule has 2 saturated heterocycles. The molecule has 0 aromatic heterocycles. The molecule has 1 aromatic carbocycles. The zero-order chi connectivity index (χ0) is 16.8. The Kier molecular flexibility index (Phi) is 5.69. The zero-order valence-corrected chi connectivity index (χ0v) is 14.0. The summed E-state index contributed by atoms with van der Waals surface area (Å²) < 4.78 is 0. The van der Waals surface area contributed by atoms with Gasteiger partial charge in [0.1, 0.15) is 0 Å². The van der Waals surface area contributed by atoms with Gasteiger partial charge in [-0.3, -0.25) is 9.59 Å². The number of piperazine rings is 1. The topological polar surface area (TPSA) is 64.7 Å². The van der Waals surface area contributed by atoms with E-state index in [0.29, 0.717) is 19.5 Å². The maximum Gasteiger partial charge on any atom is 0.242 e. The Balaban J connectivity index is 1.38. The number of carbonyl (C=O) groups is 2. The van der Waals surface area contributed by atoms with Crippen molar-refractivity contribution in [3.05, 3.63) is 30.3 Å². The van der Waals surface area contributed by atoms with Gasteiger partial charge in [0.05, 0.1) is 6.54 Å². The van der Waals surface area contributed by atoms with E-state index in [9.17, 15) is 9.59 Å². The number of rotatable bonds is 5. The molecule has 0 spiro atoms. The predicted molar refractivity (Wildman–Crippen MR) is 93.9 cm³/mol. The lowest BCUT2D eigenvalue weighted by atomic mass is 10.1. The molecule has 130 valence electrons. The molecule has 2 aliphatic rings. The lowest BCUT2D eigenvalue weighted by Crippen LogP contribution is -2.51. The van der Waals surface area contributed by atoms with Gasteiger partial charge in [-0.05, 0) is 31.5 Å². The molecule has 6 heteroatoms. The summed E-state index contributed by atoms with van der Waals surface area (Å²) in [4.78, 5) is 28.3. The van der Waals surface area contributed by atoms with Crippen LogP contribution in [0.3, 0.4) is 0 Å². The third kappa shape index (κ3) is 4.47. The maximum atomic E-state index is 12.3. The summed E-state index contributed by atoms with van der Waals surface area (Å²) in [5.74, 6) is -0.0267. The first kappa shape index (κ1) is 16.8. The molecule has 2 heterocycles. The van der Waals surface area contributed by atoms with E-state index in [2.05, 4.69) is 27.7 Å². The third-order valence-corrected chi connectivity index (χ3v) is 4.78. The van der Waals surface area contributed by atoms with E-state index in [4.69, 9.17) is 0 Å². The molecule has 2 amide bonds. The number of anilines is 1. The highest BCUT2D eigenvalue weighted by molar-refractivity contribution is 5.85. The number of hydrogen-bond donors (Lipinski definition) is 2. The van der Waals surface area contributed by atoms with E-state index >= 15 is 0 Å². The lowest BCUT2D eigenvalue weighted by molar-refractivity contribution is -0.133. The van der Waals surface area contributed by atoms with Crippen LogP contribution < -0.4 is 15.5 Å². The van der Waals surface area contributed by atoms with Gasteiger partial charge in [0, 0.05) is 44.3 Å². The summed E-state index contributed by atoms with van der Waals surface area (Å²) in [5, 5.41) is 6.06. The monoisotopic (exact) mass is 330 g/mol. The molecule has 1 aromatic rings. The average molecular weight is 330 g/mol. The third-order valence-electron chi connectivity index (χ3n) is 4.78. The van der Waals surface area contributed by atoms with Gasteiger partial charge in [0.15, 0.2) is 0 Å². The Morgan fingerprint density at radius 3 is 2.54 bits per heavy atom. The van der Waals surface area contributed by atoms with Gasteiger partial charge in [-0.15, -0.1) is 0 Å². The van der Waals surface area contributed by atoms with Crippen LogP contribution in [0.4, 0.5) is 5.69 Å². The lowest BCUT2D eigenvalue weighted by Gasteiger charge is -2.36. The maximum absolute atomic E-state index is 12.3. The molecule has 2 N–H and O–H groups in total. The molecule has 3 rings (SSSR count). The van der Waals surface area contributed by atoms with Crippen LogP contribution in [-0.2, 0) is 9.59 Å². The van der Waals surface area contributed by atoms with Gasteiger partial charge in [-0.25, -0.2) is 0 Å². The first-order chi connectivity index (χ1) is 11.7. The van der Waals surface area contributed by atoms with Gasteiger partial charge in [-0.2, -0.15) is 0 Å². The number of amides is 2. The number of benzene rings is 1. The van der Waals surface area contributed by atoms with Crippen LogP contribution in [0.5, 0.6) is 0 Å². The average Bonchev–Trinajstić information content (AvgIpc) is 3.13. The summed E-state index contributed by atoms with van der Waals surface area (Å²) in [6.45, 7) is 4.16. The molecule has 0 bridgehead atoms. The number of carbonyl (C=O) groups excluding carboxylic acids is 2. The van der Waals surface area contributed by atoms with E-state index in [-0.39, 0.29) is 24.4 Å². The van der Waals surface area contributed by atoms with Crippen molar-refractivity contribution in [3.63, 3.8) is 0 Å². The second kappa shape index (κ2) is 8.15. The molecular formula is C18H26N4O2. The first-order valence-corrected chi connectivity index (χ1v) is 8.80. The van der Waals surface area contributed by atoms with E-state index in [0.717, 1.165) is 32.5 Å². The van der Waals surface area contributed by atoms with E-state index in [1.54, 1.807) is 0 Å². The van der Waals surface area contributed by atoms with Crippen LogP contribution in [-0.4, -0.2) is 62.0 Å². The quantitative estimate of drug-likeness (QED) is 0.830. The minimum absolute atomic E-state index is 0.00967. The van der Waals surface area contributed by atoms with Crippen molar-refractivity contribution in [3.8, 4) is 0 Å². The Hall–Kier alpha value is -2.08. The number of nitrogens with zero attached hydrogens (tertiary/aromatic N) is 2. The van der Waals surface area contributed by atoms with Gasteiger partial charge in [0.2, 0.25) is 11.8 Å². The molecule has 0 saturated carbocycles. The number of nitrogens with one attached hydrogen (secondary N) is 2. The second-order valence-electron chi connectivity index (χ2n) is 6.48. The first-order valence-electron chi connectivity index (χ1n) is 8.80. The van der Waals surface area contributed by atoms with Crippen molar-refractivity contribution in [2.45, 2.75) is 25.3 Å². The standard InChI is InChI=1S/C18H26N4O2/c23-17(13-15-5-4-8-19-15)20-14-18(24)22-11-9-21(10-12-22)16-6-2-1-3-7-16/h1-3,6-7,15,19H,4-5,8-14H2,(H,20,23). The fraction of sp³-hybridized carbons (Fsp3) is 0.556. The molecule has 1 unspecified atom stereocenters. The molecule has 24 heavy (non-hydrogen) atoms. The minimum atomic E-state index is -0.0364. The summed E-state index contributed by atoms with van der Waals surface area (Å²) in [7, 11) is 0. The summed E-state index contributed by atoms with van der Waals surface area (Å²) in [5.41, 5.74) is 1.20. The minimum Gasteiger partial charge on any atom is -0.368 e. The fourth-order valence-corrected chi connectivity index (χ4v) is 3.37. The van der Waals surface area contributed by atoms with Gasteiger partial charge in [-0.1, -0.05) is 18.2 Å². The van der Waals surface area contributed by atoms with E-state index in [1.807, 2.05) is 23.1 Å². The van der Waals surface area contributed by atoms with E-state index < -0.39 is 0 Å². The highest BCUT2D eigenvalue weighted by atomic mass is 16.2. The van der Waals surface area contributed by atoms with Crippen molar-refractivity contribution < 1.29 is 9.59 Å². The van der Waals surface area contributed by atoms with Gasteiger partial charge in [0.25, 0.3) is 0 Å². The van der Waals surface area contributed by atoms with Crippen molar-refractivity contribution in [2.24, 2.45) is 0 Å². The van der Waals surface area contributed by atoms with Crippen LogP contribution in [0, 0.1) is 0 Å². The largest absolute Gasteiger partial charge is 0.368 e. The summed E-state index contributed by atoms with van der Waals surface area (Å²) >= 11 is 0. The molecule has 1 atom stereocenters. The Bertz CT molecular complexity index is 549. The van der Waals surface area contributed by atoms with Crippen LogP contribution >= 0.6 is 0 Å². The van der Waals surface area contributed by atoms with Gasteiger partial charge < -0.3 is 20.4 Å². The SMILES string of the molecule is O=C(CC1CCCN1)NCC(=O)N1CCN(c2ccccc2)CC1. The fourth-order valence-electron chi connectivity index (χ4n) is 3.37. The Labute approximate surface area is 143 Å². The van der Waals surface area contributed by atoms with Crippen molar-refractivity contribution in [1.82, 2.24) is 15.5 Å². The zero-order valence-electron chi connectivity index (χ0n) is 14.0. The van der Waals surface area contributed by atoms with Crippen LogP contribution in [0.2, 0.25) is 0 Å². The number of hydrogen-bond acceptors (Lipinski definition) is 4. The Morgan fingerprint density at radius 2 is 1.88 bits per heavy atom. The molecule has 2 aliphatic heterocycles.